The summed E-state index contributed by atoms with van der Waals surface area (Å²) in [7, 11) is 0. The van der Waals surface area contributed by atoms with Crippen LogP contribution in [-0.4, -0.2) is 37.3 Å². The first-order valence-electron chi connectivity index (χ1n) is 5.87. The molecule has 2 aromatic heterocycles. The van der Waals surface area contributed by atoms with Gasteiger partial charge in [0.25, 0.3) is 5.95 Å². The molecular formula is C11H14N6O2. The fourth-order valence-corrected chi connectivity index (χ4v) is 1.63. The van der Waals surface area contributed by atoms with E-state index in [4.69, 9.17) is 10.5 Å². The standard InChI is InChI=1S/C11H14N6O2/c1-3-7-15-8(10(18)19-4-2)9(12)17(7)11-13-5-6-14-16-11/h5-6H,3-4,12H2,1-2H3. The van der Waals surface area contributed by atoms with Crippen LogP contribution < -0.4 is 5.73 Å². The van der Waals surface area contributed by atoms with Gasteiger partial charge in [-0.3, -0.25) is 0 Å². The number of rotatable bonds is 4. The van der Waals surface area contributed by atoms with Gasteiger partial charge in [-0.1, -0.05) is 6.92 Å². The molecule has 2 N–H and O–H groups in total. The molecule has 0 fully saturated rings. The summed E-state index contributed by atoms with van der Waals surface area (Å²) in [6.07, 6.45) is 3.52. The highest BCUT2D eigenvalue weighted by Gasteiger charge is 2.22. The summed E-state index contributed by atoms with van der Waals surface area (Å²) in [6, 6.07) is 0. The molecular weight excluding hydrogens is 248 g/mol. The molecule has 0 unspecified atom stereocenters. The lowest BCUT2D eigenvalue weighted by Crippen LogP contribution is -2.11. The van der Waals surface area contributed by atoms with E-state index in [1.807, 2.05) is 6.92 Å². The van der Waals surface area contributed by atoms with Gasteiger partial charge in [-0.25, -0.2) is 19.3 Å². The summed E-state index contributed by atoms with van der Waals surface area (Å²) >= 11 is 0. The Morgan fingerprint density at radius 2 is 2.21 bits per heavy atom. The van der Waals surface area contributed by atoms with Gasteiger partial charge in [-0.15, -0.1) is 5.10 Å². The van der Waals surface area contributed by atoms with Crippen LogP contribution in [0, 0.1) is 0 Å². The molecule has 2 heterocycles. The van der Waals surface area contributed by atoms with Crippen molar-refractivity contribution in [1.29, 1.82) is 0 Å². The third-order valence-electron chi connectivity index (χ3n) is 2.44. The summed E-state index contributed by atoms with van der Waals surface area (Å²) in [5.74, 6) is 0.453. The molecule has 8 nitrogen and oxygen atoms in total. The lowest BCUT2D eigenvalue weighted by atomic mass is 10.4. The van der Waals surface area contributed by atoms with E-state index in [9.17, 15) is 4.79 Å². The Kier molecular flexibility index (Phi) is 3.69. The van der Waals surface area contributed by atoms with Crippen LogP contribution >= 0.6 is 0 Å². The molecule has 0 spiro atoms. The zero-order chi connectivity index (χ0) is 13.8. The monoisotopic (exact) mass is 262 g/mol. The van der Waals surface area contributed by atoms with Crippen molar-refractivity contribution >= 4 is 11.8 Å². The van der Waals surface area contributed by atoms with Gasteiger partial charge < -0.3 is 10.5 Å². The van der Waals surface area contributed by atoms with Crippen molar-refractivity contribution in [3.8, 4) is 5.95 Å². The van der Waals surface area contributed by atoms with Gasteiger partial charge in [0.2, 0.25) is 0 Å². The minimum atomic E-state index is -0.558. The SMILES string of the molecule is CCOC(=O)c1nc(CC)n(-c2nccnn2)c1N. The molecule has 0 atom stereocenters. The number of imidazole rings is 1. The molecule has 100 valence electrons. The van der Waals surface area contributed by atoms with Gasteiger partial charge in [0.05, 0.1) is 19.0 Å². The van der Waals surface area contributed by atoms with E-state index in [0.717, 1.165) is 0 Å². The topological polar surface area (TPSA) is 109 Å². The van der Waals surface area contributed by atoms with Crippen LogP contribution in [0.5, 0.6) is 0 Å². The van der Waals surface area contributed by atoms with Gasteiger partial charge in [0.1, 0.15) is 11.6 Å². The van der Waals surface area contributed by atoms with Crippen molar-refractivity contribution in [2.24, 2.45) is 0 Å². The number of aromatic nitrogens is 5. The Labute approximate surface area is 109 Å². The van der Waals surface area contributed by atoms with Crippen LogP contribution in [0.1, 0.15) is 30.2 Å². The number of nitrogens with zero attached hydrogens (tertiary/aromatic N) is 5. The average molecular weight is 262 g/mol. The molecule has 19 heavy (non-hydrogen) atoms. The van der Waals surface area contributed by atoms with Gasteiger partial charge in [-0.05, 0) is 6.92 Å². The quantitative estimate of drug-likeness (QED) is 0.793. The van der Waals surface area contributed by atoms with E-state index in [1.54, 1.807) is 6.92 Å². The number of anilines is 1. The minimum Gasteiger partial charge on any atom is -0.461 e. The molecule has 0 bridgehead atoms. The van der Waals surface area contributed by atoms with E-state index in [1.165, 1.54) is 17.0 Å². The molecule has 0 aliphatic carbocycles. The van der Waals surface area contributed by atoms with Crippen LogP contribution in [0.4, 0.5) is 5.82 Å². The van der Waals surface area contributed by atoms with E-state index in [0.29, 0.717) is 12.2 Å². The van der Waals surface area contributed by atoms with Crippen molar-refractivity contribution < 1.29 is 9.53 Å². The molecule has 0 radical (unpaired) electrons. The van der Waals surface area contributed by atoms with Gasteiger partial charge >= 0.3 is 5.97 Å². The number of ether oxygens (including phenoxy) is 1. The Hall–Kier alpha value is -2.51. The summed E-state index contributed by atoms with van der Waals surface area (Å²) in [5, 5.41) is 7.60. The first-order valence-corrected chi connectivity index (χ1v) is 5.87. The molecule has 0 saturated carbocycles. The number of carbonyl (C=O) groups excluding carboxylic acids is 1. The molecule has 0 aliphatic heterocycles. The van der Waals surface area contributed by atoms with Crippen LogP contribution in [0.2, 0.25) is 0 Å². The van der Waals surface area contributed by atoms with Crippen LogP contribution in [-0.2, 0) is 11.2 Å². The number of esters is 1. The lowest BCUT2D eigenvalue weighted by Gasteiger charge is -2.05. The molecule has 8 heteroatoms. The normalized spacial score (nSPS) is 10.4. The highest BCUT2D eigenvalue weighted by Crippen LogP contribution is 2.19. The highest BCUT2D eigenvalue weighted by molar-refractivity contribution is 5.92. The average Bonchev–Trinajstić information content (AvgIpc) is 2.77. The fourth-order valence-electron chi connectivity index (χ4n) is 1.63. The molecule has 0 aliphatic rings. The maximum Gasteiger partial charge on any atom is 0.360 e. The first kappa shape index (κ1) is 12.9. The Bertz CT molecular complexity index is 580. The number of nitrogens with two attached hydrogens (primary N) is 1. The Balaban J connectivity index is 2.52. The molecule has 2 aromatic rings. The molecule has 0 aromatic carbocycles. The largest absolute Gasteiger partial charge is 0.461 e. The third kappa shape index (κ3) is 2.37. The van der Waals surface area contributed by atoms with Crippen molar-refractivity contribution in [2.75, 3.05) is 12.3 Å². The van der Waals surface area contributed by atoms with Gasteiger partial charge in [0.15, 0.2) is 5.69 Å². The number of nitrogen functional groups attached to an aromatic ring is 1. The summed E-state index contributed by atoms with van der Waals surface area (Å²) in [6.45, 7) is 3.87. The summed E-state index contributed by atoms with van der Waals surface area (Å²) in [5.41, 5.74) is 6.01. The molecule has 0 saturated heterocycles. The first-order chi connectivity index (χ1) is 9.19. The number of carbonyl (C=O) groups is 1. The second-order valence-corrected chi connectivity index (χ2v) is 3.61. The second kappa shape index (κ2) is 5.42. The lowest BCUT2D eigenvalue weighted by molar-refractivity contribution is 0.0521. The van der Waals surface area contributed by atoms with E-state index in [-0.39, 0.29) is 24.1 Å². The molecule has 2 rings (SSSR count). The Morgan fingerprint density at radius 3 is 2.79 bits per heavy atom. The van der Waals surface area contributed by atoms with Crippen molar-refractivity contribution in [2.45, 2.75) is 20.3 Å². The van der Waals surface area contributed by atoms with Crippen molar-refractivity contribution in [1.82, 2.24) is 24.7 Å². The van der Waals surface area contributed by atoms with E-state index < -0.39 is 5.97 Å². The number of aryl methyl sites for hydroxylation is 1. The van der Waals surface area contributed by atoms with E-state index >= 15 is 0 Å². The van der Waals surface area contributed by atoms with Crippen molar-refractivity contribution in [3.05, 3.63) is 23.9 Å². The van der Waals surface area contributed by atoms with E-state index in [2.05, 4.69) is 20.2 Å². The third-order valence-corrected chi connectivity index (χ3v) is 2.44. The second-order valence-electron chi connectivity index (χ2n) is 3.61. The maximum atomic E-state index is 11.7. The van der Waals surface area contributed by atoms with Crippen LogP contribution in [0.25, 0.3) is 5.95 Å². The zero-order valence-electron chi connectivity index (χ0n) is 10.7. The Morgan fingerprint density at radius 1 is 1.42 bits per heavy atom. The summed E-state index contributed by atoms with van der Waals surface area (Å²) < 4.78 is 6.41. The minimum absolute atomic E-state index is 0.0751. The van der Waals surface area contributed by atoms with Crippen LogP contribution in [0.15, 0.2) is 12.4 Å². The molecule has 0 amide bonds. The van der Waals surface area contributed by atoms with Crippen LogP contribution in [0.3, 0.4) is 0 Å². The number of hydrogen-bond donors (Lipinski definition) is 1. The highest BCUT2D eigenvalue weighted by atomic mass is 16.5. The predicted octanol–water partition coefficient (Wildman–Crippen LogP) is 0.379. The smallest absolute Gasteiger partial charge is 0.360 e. The van der Waals surface area contributed by atoms with Gasteiger partial charge in [-0.2, -0.15) is 5.10 Å². The predicted molar refractivity (Wildman–Crippen MR) is 66.7 cm³/mol. The summed E-state index contributed by atoms with van der Waals surface area (Å²) in [4.78, 5) is 20.0. The van der Waals surface area contributed by atoms with Crippen molar-refractivity contribution in [3.63, 3.8) is 0 Å². The zero-order valence-corrected chi connectivity index (χ0v) is 10.7. The fraction of sp³-hybridized carbons (Fsp3) is 0.364. The van der Waals surface area contributed by atoms with Gasteiger partial charge in [0, 0.05) is 6.42 Å². The maximum absolute atomic E-state index is 11.7. The number of hydrogen-bond acceptors (Lipinski definition) is 7.